The highest BCUT2D eigenvalue weighted by Crippen LogP contribution is 2.29. The predicted molar refractivity (Wildman–Crippen MR) is 118 cm³/mol. The van der Waals surface area contributed by atoms with E-state index in [0.29, 0.717) is 17.1 Å². The number of nitro groups is 1. The minimum atomic E-state index is -0.443. The van der Waals surface area contributed by atoms with Gasteiger partial charge in [-0.25, -0.2) is 0 Å². The summed E-state index contributed by atoms with van der Waals surface area (Å²) in [6.45, 7) is 0.242. The third-order valence-corrected chi connectivity index (χ3v) is 4.81. The van der Waals surface area contributed by atoms with E-state index in [2.05, 4.69) is 15.9 Å². The van der Waals surface area contributed by atoms with Crippen molar-refractivity contribution in [3.05, 3.63) is 104 Å². The number of hydrogen-bond donors (Lipinski definition) is 0. The van der Waals surface area contributed by atoms with Crippen LogP contribution in [0.25, 0.3) is 6.08 Å². The van der Waals surface area contributed by atoms with E-state index in [-0.39, 0.29) is 18.1 Å². The van der Waals surface area contributed by atoms with E-state index in [1.807, 2.05) is 18.2 Å². The van der Waals surface area contributed by atoms with Crippen LogP contribution in [-0.4, -0.2) is 17.8 Å². The lowest BCUT2D eigenvalue weighted by Crippen LogP contribution is -1.98. The molecule has 30 heavy (non-hydrogen) atoms. The molecule has 7 heteroatoms. The molecule has 0 fully saturated rings. The Morgan fingerprint density at radius 3 is 2.37 bits per heavy atom. The summed E-state index contributed by atoms with van der Waals surface area (Å²) in [5.41, 5.74) is 2.22. The Morgan fingerprint density at radius 2 is 1.73 bits per heavy atom. The van der Waals surface area contributed by atoms with E-state index in [1.54, 1.807) is 42.5 Å². The van der Waals surface area contributed by atoms with E-state index in [1.165, 1.54) is 25.3 Å². The molecule has 0 saturated heterocycles. The Kier molecular flexibility index (Phi) is 6.98. The molecule has 3 rings (SSSR count). The Labute approximate surface area is 182 Å². The number of allylic oxidation sites excluding steroid dienone is 1. The number of benzene rings is 3. The number of nitrogens with zero attached hydrogens (tertiary/aromatic N) is 1. The van der Waals surface area contributed by atoms with Gasteiger partial charge < -0.3 is 9.47 Å². The van der Waals surface area contributed by atoms with Gasteiger partial charge in [0.05, 0.1) is 12.0 Å². The largest absolute Gasteiger partial charge is 0.493 e. The molecule has 0 aliphatic heterocycles. The molecule has 3 aromatic rings. The van der Waals surface area contributed by atoms with Crippen molar-refractivity contribution in [2.75, 3.05) is 7.11 Å². The second-order valence-electron chi connectivity index (χ2n) is 6.33. The number of ketones is 1. The number of hydrogen-bond acceptors (Lipinski definition) is 5. The molecule has 3 aromatic carbocycles. The zero-order valence-electron chi connectivity index (χ0n) is 16.1. The maximum atomic E-state index is 12.3. The molecule has 0 unspecified atom stereocenters. The number of methoxy groups -OCH3 is 1. The summed E-state index contributed by atoms with van der Waals surface area (Å²) in [7, 11) is 1.54. The first-order chi connectivity index (χ1) is 14.5. The van der Waals surface area contributed by atoms with Crippen molar-refractivity contribution >= 4 is 33.5 Å². The smallest absolute Gasteiger partial charge is 0.269 e. The van der Waals surface area contributed by atoms with Crippen molar-refractivity contribution in [2.45, 2.75) is 6.61 Å². The summed E-state index contributed by atoms with van der Waals surface area (Å²) in [6.07, 6.45) is 3.22. The first-order valence-electron chi connectivity index (χ1n) is 8.98. The van der Waals surface area contributed by atoms with Crippen molar-refractivity contribution in [1.29, 1.82) is 0 Å². The molecule has 0 aliphatic rings. The maximum Gasteiger partial charge on any atom is 0.269 e. The Hall–Kier alpha value is -3.45. The molecule has 6 nitrogen and oxygen atoms in total. The zero-order valence-corrected chi connectivity index (χ0v) is 17.7. The standard InChI is InChI=1S/C23H18BrNO5/c1-29-23-14-16(4-12-21(26)18-6-8-19(24)9-7-18)5-13-22(23)30-15-17-2-10-20(11-3-17)25(27)28/h2-14H,15H2,1H3/b12-4+. The van der Waals surface area contributed by atoms with Gasteiger partial charge in [-0.3, -0.25) is 14.9 Å². The van der Waals surface area contributed by atoms with E-state index < -0.39 is 4.92 Å². The molecular formula is C23H18BrNO5. The highest BCUT2D eigenvalue weighted by Gasteiger charge is 2.08. The monoisotopic (exact) mass is 467 g/mol. The second kappa shape index (κ2) is 9.84. The minimum Gasteiger partial charge on any atom is -0.493 e. The van der Waals surface area contributed by atoms with Gasteiger partial charge in [-0.05, 0) is 65.7 Å². The quantitative estimate of drug-likeness (QED) is 0.180. The third kappa shape index (κ3) is 5.55. The number of non-ortho nitro benzene ring substituents is 1. The fraction of sp³-hybridized carbons (Fsp3) is 0.0870. The van der Waals surface area contributed by atoms with Crippen LogP contribution in [0, 0.1) is 10.1 Å². The third-order valence-electron chi connectivity index (χ3n) is 4.29. The molecule has 0 bridgehead atoms. The molecule has 0 saturated carbocycles. The van der Waals surface area contributed by atoms with Crippen LogP contribution in [0.3, 0.4) is 0 Å². The average Bonchev–Trinajstić information content (AvgIpc) is 2.77. The topological polar surface area (TPSA) is 78.7 Å². The number of ether oxygens (including phenoxy) is 2. The number of nitro benzene ring substituents is 1. The van der Waals surface area contributed by atoms with E-state index in [4.69, 9.17) is 9.47 Å². The average molecular weight is 468 g/mol. The van der Waals surface area contributed by atoms with Crippen LogP contribution in [0.4, 0.5) is 5.69 Å². The van der Waals surface area contributed by atoms with Crippen LogP contribution < -0.4 is 9.47 Å². The van der Waals surface area contributed by atoms with Crippen LogP contribution in [0.2, 0.25) is 0 Å². The lowest BCUT2D eigenvalue weighted by molar-refractivity contribution is -0.384. The highest BCUT2D eigenvalue weighted by molar-refractivity contribution is 9.10. The number of halogens is 1. The van der Waals surface area contributed by atoms with Crippen LogP contribution in [0.5, 0.6) is 11.5 Å². The number of carbonyl (C=O) groups excluding carboxylic acids is 1. The highest BCUT2D eigenvalue weighted by atomic mass is 79.9. The van der Waals surface area contributed by atoms with Crippen LogP contribution in [-0.2, 0) is 6.61 Å². The van der Waals surface area contributed by atoms with Gasteiger partial charge in [0.15, 0.2) is 17.3 Å². The summed E-state index contributed by atoms with van der Waals surface area (Å²) < 4.78 is 12.1. The van der Waals surface area contributed by atoms with E-state index in [9.17, 15) is 14.9 Å². The molecule has 0 aromatic heterocycles. The summed E-state index contributed by atoms with van der Waals surface area (Å²) in [5, 5.41) is 10.7. The van der Waals surface area contributed by atoms with Crippen LogP contribution in [0.15, 0.2) is 77.3 Å². The lowest BCUT2D eigenvalue weighted by Gasteiger charge is -2.11. The van der Waals surface area contributed by atoms with Crippen molar-refractivity contribution < 1.29 is 19.2 Å². The Balaban J connectivity index is 1.67. The molecular weight excluding hydrogens is 450 g/mol. The van der Waals surface area contributed by atoms with Gasteiger partial charge in [0.25, 0.3) is 5.69 Å². The predicted octanol–water partition coefficient (Wildman–Crippen LogP) is 5.84. The van der Waals surface area contributed by atoms with Crippen molar-refractivity contribution in [2.24, 2.45) is 0 Å². The molecule has 0 aliphatic carbocycles. The molecule has 152 valence electrons. The Morgan fingerprint density at radius 1 is 1.03 bits per heavy atom. The van der Waals surface area contributed by atoms with Gasteiger partial charge in [0, 0.05) is 22.2 Å². The fourth-order valence-corrected chi connectivity index (χ4v) is 2.93. The van der Waals surface area contributed by atoms with Crippen LogP contribution >= 0.6 is 15.9 Å². The summed E-state index contributed by atoms with van der Waals surface area (Å²) in [6, 6.07) is 18.7. The van der Waals surface area contributed by atoms with Gasteiger partial charge in [0.1, 0.15) is 6.61 Å². The second-order valence-corrected chi connectivity index (χ2v) is 7.24. The molecule has 0 radical (unpaired) electrons. The number of rotatable bonds is 8. The maximum absolute atomic E-state index is 12.3. The SMILES string of the molecule is COc1cc(/C=C/C(=O)c2ccc(Br)cc2)ccc1OCc1ccc([N+](=O)[O-])cc1. The summed E-state index contributed by atoms with van der Waals surface area (Å²) in [5.74, 6) is 0.961. The Bertz CT molecular complexity index is 1080. The molecule has 0 atom stereocenters. The van der Waals surface area contributed by atoms with E-state index >= 15 is 0 Å². The van der Waals surface area contributed by atoms with Gasteiger partial charge in [-0.2, -0.15) is 0 Å². The fourth-order valence-electron chi connectivity index (χ4n) is 2.66. The first-order valence-corrected chi connectivity index (χ1v) is 9.78. The minimum absolute atomic E-state index is 0.0326. The lowest BCUT2D eigenvalue weighted by atomic mass is 10.1. The van der Waals surface area contributed by atoms with Gasteiger partial charge in [0.2, 0.25) is 0 Å². The summed E-state index contributed by atoms with van der Waals surface area (Å²) in [4.78, 5) is 22.6. The first kappa shape index (κ1) is 21.3. The van der Waals surface area contributed by atoms with Crippen LogP contribution in [0.1, 0.15) is 21.5 Å². The van der Waals surface area contributed by atoms with Crippen molar-refractivity contribution in [3.8, 4) is 11.5 Å². The molecule has 0 N–H and O–H groups in total. The van der Waals surface area contributed by atoms with Gasteiger partial charge >= 0.3 is 0 Å². The summed E-state index contributed by atoms with van der Waals surface area (Å²) >= 11 is 3.35. The van der Waals surface area contributed by atoms with Crippen molar-refractivity contribution in [1.82, 2.24) is 0 Å². The molecule has 0 heterocycles. The zero-order chi connectivity index (χ0) is 21.5. The molecule has 0 amide bonds. The number of carbonyl (C=O) groups is 1. The van der Waals surface area contributed by atoms with Gasteiger partial charge in [-0.15, -0.1) is 0 Å². The van der Waals surface area contributed by atoms with E-state index in [0.717, 1.165) is 15.6 Å². The normalized spacial score (nSPS) is 10.7. The van der Waals surface area contributed by atoms with Gasteiger partial charge in [-0.1, -0.05) is 28.1 Å². The van der Waals surface area contributed by atoms with Crippen molar-refractivity contribution in [3.63, 3.8) is 0 Å². The molecule has 0 spiro atoms.